The molecule has 4 atom stereocenters. The summed E-state index contributed by atoms with van der Waals surface area (Å²) in [6, 6.07) is 10.4. The lowest BCUT2D eigenvalue weighted by Crippen LogP contribution is -2.61. The zero-order chi connectivity index (χ0) is 28.9. The van der Waals surface area contributed by atoms with Crippen LogP contribution in [-0.4, -0.2) is 99.7 Å². The molecule has 1 aromatic carbocycles. The maximum Gasteiger partial charge on any atom is 0.258 e. The Morgan fingerprint density at radius 2 is 2.00 bits per heavy atom. The highest BCUT2D eigenvalue weighted by Crippen LogP contribution is 2.31. The van der Waals surface area contributed by atoms with Crippen molar-refractivity contribution in [3.05, 3.63) is 71.8 Å². The third-order valence-electron chi connectivity index (χ3n) is 8.22. The second-order valence-electron chi connectivity index (χ2n) is 11.1. The number of para-hydroxylation sites is 1. The molecule has 12 nitrogen and oxygen atoms in total. The molecule has 2 amide bonds. The largest absolute Gasteiger partial charge is 0.493 e. The number of fused-ring (bicyclic) bond motifs is 4. The van der Waals surface area contributed by atoms with E-state index >= 15 is 0 Å². The van der Waals surface area contributed by atoms with Crippen LogP contribution in [0.4, 0.5) is 0 Å². The van der Waals surface area contributed by atoms with E-state index in [0.29, 0.717) is 57.1 Å². The molecule has 3 aliphatic rings. The van der Waals surface area contributed by atoms with Crippen molar-refractivity contribution >= 4 is 11.8 Å². The average molecular weight is 576 g/mol. The lowest BCUT2D eigenvalue weighted by molar-refractivity contribution is -0.130. The molecule has 42 heavy (non-hydrogen) atoms. The highest BCUT2D eigenvalue weighted by atomic mass is 16.5. The van der Waals surface area contributed by atoms with E-state index in [0.717, 1.165) is 24.1 Å². The summed E-state index contributed by atoms with van der Waals surface area (Å²) in [4.78, 5) is 35.9. The van der Waals surface area contributed by atoms with Gasteiger partial charge >= 0.3 is 0 Å². The Morgan fingerprint density at radius 1 is 1.10 bits per heavy atom. The molecule has 5 heterocycles. The Kier molecular flexibility index (Phi) is 8.73. The van der Waals surface area contributed by atoms with Gasteiger partial charge in [0.05, 0.1) is 43.2 Å². The Hall–Kier alpha value is -3.87. The highest BCUT2D eigenvalue weighted by molar-refractivity contribution is 6.00. The zero-order valence-corrected chi connectivity index (χ0v) is 23.8. The van der Waals surface area contributed by atoms with E-state index in [9.17, 15) is 9.59 Å². The van der Waals surface area contributed by atoms with Crippen LogP contribution in [0.15, 0.2) is 55.0 Å². The number of nitrogens with zero attached hydrogens (tertiary/aromatic N) is 6. The van der Waals surface area contributed by atoms with Crippen molar-refractivity contribution in [2.45, 2.75) is 56.7 Å². The molecule has 3 aromatic rings. The molecule has 0 unspecified atom stereocenters. The van der Waals surface area contributed by atoms with Crippen molar-refractivity contribution in [3.63, 3.8) is 0 Å². The predicted octanol–water partition coefficient (Wildman–Crippen LogP) is 1.83. The number of piperazine rings is 1. The molecule has 6 rings (SSSR count). The van der Waals surface area contributed by atoms with Gasteiger partial charge in [-0.15, -0.1) is 5.10 Å². The van der Waals surface area contributed by atoms with Crippen molar-refractivity contribution in [1.29, 1.82) is 0 Å². The van der Waals surface area contributed by atoms with Gasteiger partial charge in [-0.3, -0.25) is 19.5 Å². The first-order chi connectivity index (χ1) is 20.6. The van der Waals surface area contributed by atoms with Crippen LogP contribution in [0.3, 0.4) is 0 Å². The predicted molar refractivity (Wildman–Crippen MR) is 152 cm³/mol. The molecule has 0 radical (unpaired) electrons. The van der Waals surface area contributed by atoms with Gasteiger partial charge in [-0.1, -0.05) is 23.4 Å². The van der Waals surface area contributed by atoms with Crippen LogP contribution in [0.1, 0.15) is 46.9 Å². The molecule has 1 N–H and O–H groups in total. The third-order valence-corrected chi connectivity index (χ3v) is 8.22. The van der Waals surface area contributed by atoms with E-state index in [1.165, 1.54) is 0 Å². The highest BCUT2D eigenvalue weighted by Gasteiger charge is 2.39. The molecule has 0 saturated carbocycles. The fourth-order valence-electron chi connectivity index (χ4n) is 6.08. The number of aromatic nitrogens is 4. The number of pyridine rings is 1. The number of nitrogens with one attached hydrogen (secondary N) is 1. The van der Waals surface area contributed by atoms with Gasteiger partial charge in [0.25, 0.3) is 5.91 Å². The number of ether oxygens (including phenoxy) is 3. The number of carbonyl (C=O) groups excluding carboxylic acids is 2. The smallest absolute Gasteiger partial charge is 0.258 e. The summed E-state index contributed by atoms with van der Waals surface area (Å²) < 4.78 is 19.7. The molecule has 3 aliphatic heterocycles. The van der Waals surface area contributed by atoms with Crippen molar-refractivity contribution in [1.82, 2.24) is 35.1 Å². The van der Waals surface area contributed by atoms with E-state index < -0.39 is 6.04 Å². The van der Waals surface area contributed by atoms with E-state index in [1.54, 1.807) is 24.3 Å². The second kappa shape index (κ2) is 13.0. The molecular weight excluding hydrogens is 538 g/mol. The summed E-state index contributed by atoms with van der Waals surface area (Å²) in [5.41, 5.74) is 2.26. The maximum atomic E-state index is 13.9. The van der Waals surface area contributed by atoms with Crippen molar-refractivity contribution in [3.8, 4) is 5.75 Å². The number of carbonyl (C=O) groups is 2. The lowest BCUT2D eigenvalue weighted by atomic mass is 9.96. The standard InChI is InChI=1S/C30H37N7O5/c1-40-20-22-18-37(34-33-22)25-9-8-23-10-14-41-27-7-3-2-6-24(27)30(39)36-13-12-35(17-21-5-4-11-31-15-21)19-26(36)29(38)32-16-28(25)42-23/h2-7,11,15,18,23,25-26,28H,8-10,12-14,16-17,19-20H2,1H3,(H,32,38)/t23-,25+,26-,28+/m0/s1. The van der Waals surface area contributed by atoms with Gasteiger partial charge in [-0.2, -0.15) is 0 Å². The van der Waals surface area contributed by atoms with E-state index in [4.69, 9.17) is 14.2 Å². The van der Waals surface area contributed by atoms with Crippen LogP contribution in [0.2, 0.25) is 0 Å². The number of hydrogen-bond acceptors (Lipinski definition) is 9. The SMILES string of the molecule is COCc1cn([C@@H]2CC[C@H]3CCOc4ccccc4C(=O)N4CCN(Cc5cccnc5)C[C@H]4C(=O)NC[C@H]2O3)nn1. The summed E-state index contributed by atoms with van der Waals surface area (Å²) in [5, 5.41) is 11.7. The number of hydrogen-bond donors (Lipinski definition) is 1. The Morgan fingerprint density at radius 3 is 2.86 bits per heavy atom. The summed E-state index contributed by atoms with van der Waals surface area (Å²) in [6.07, 6.45) is 7.40. The minimum absolute atomic E-state index is 0.0444. The average Bonchev–Trinajstić information content (AvgIpc) is 3.48. The molecule has 0 spiro atoms. The summed E-state index contributed by atoms with van der Waals surface area (Å²) in [7, 11) is 1.62. The fourth-order valence-corrected chi connectivity index (χ4v) is 6.08. The van der Waals surface area contributed by atoms with Gasteiger partial charge in [0.2, 0.25) is 5.91 Å². The van der Waals surface area contributed by atoms with Crippen LogP contribution in [0.25, 0.3) is 0 Å². The van der Waals surface area contributed by atoms with Crippen LogP contribution in [0, 0.1) is 0 Å². The molecule has 0 aliphatic carbocycles. The third kappa shape index (κ3) is 6.30. The Bertz CT molecular complexity index is 1370. The van der Waals surface area contributed by atoms with E-state index in [2.05, 4.69) is 25.5 Å². The van der Waals surface area contributed by atoms with Gasteiger partial charge in [-0.05, 0) is 36.6 Å². The van der Waals surface area contributed by atoms with Crippen LogP contribution in [0.5, 0.6) is 5.75 Å². The van der Waals surface area contributed by atoms with Gasteiger partial charge in [-0.25, -0.2) is 4.68 Å². The van der Waals surface area contributed by atoms with Gasteiger partial charge in [0.15, 0.2) is 0 Å². The molecule has 222 valence electrons. The first-order valence-corrected chi connectivity index (χ1v) is 14.6. The van der Waals surface area contributed by atoms with Gasteiger partial charge in [0, 0.05) is 58.6 Å². The van der Waals surface area contributed by atoms with Crippen LogP contribution >= 0.6 is 0 Å². The molecule has 2 saturated heterocycles. The van der Waals surface area contributed by atoms with Gasteiger partial charge in [0.1, 0.15) is 17.5 Å². The monoisotopic (exact) mass is 575 g/mol. The molecule has 2 bridgehead atoms. The van der Waals surface area contributed by atoms with Crippen LogP contribution in [-0.2, 0) is 27.4 Å². The molecule has 2 aromatic heterocycles. The summed E-state index contributed by atoms with van der Waals surface area (Å²) >= 11 is 0. The van der Waals surface area contributed by atoms with Crippen molar-refractivity contribution in [2.24, 2.45) is 0 Å². The summed E-state index contributed by atoms with van der Waals surface area (Å²) in [5.74, 6) is 0.110. The first-order valence-electron chi connectivity index (χ1n) is 14.6. The number of benzene rings is 1. The minimum Gasteiger partial charge on any atom is -0.493 e. The first kappa shape index (κ1) is 28.3. The van der Waals surface area contributed by atoms with Crippen LogP contribution < -0.4 is 10.1 Å². The summed E-state index contributed by atoms with van der Waals surface area (Å²) in [6.45, 7) is 3.18. The lowest BCUT2D eigenvalue weighted by Gasteiger charge is -2.41. The Labute approximate surface area is 244 Å². The minimum atomic E-state index is -0.684. The number of amides is 2. The topological polar surface area (TPSA) is 124 Å². The quantitative estimate of drug-likeness (QED) is 0.485. The fraction of sp³-hybridized carbons (Fsp3) is 0.500. The molecule has 2 fully saturated rings. The Balaban J connectivity index is 1.27. The molecular formula is C30H37N7O5. The normalized spacial score (nSPS) is 25.5. The molecule has 12 heteroatoms. The van der Waals surface area contributed by atoms with Crippen molar-refractivity contribution < 1.29 is 23.8 Å². The van der Waals surface area contributed by atoms with Gasteiger partial charge < -0.3 is 24.4 Å². The maximum absolute atomic E-state index is 13.9. The van der Waals surface area contributed by atoms with E-state index in [-0.39, 0.29) is 36.6 Å². The van der Waals surface area contributed by atoms with Crippen molar-refractivity contribution in [2.75, 3.05) is 39.9 Å². The van der Waals surface area contributed by atoms with E-state index in [1.807, 2.05) is 47.4 Å². The number of methoxy groups -OCH3 is 1. The second-order valence-corrected chi connectivity index (χ2v) is 11.1. The zero-order valence-electron chi connectivity index (χ0n) is 23.8. The number of rotatable bonds is 5.